The second kappa shape index (κ2) is 10.4. The van der Waals surface area contributed by atoms with Crippen molar-refractivity contribution >= 4 is 34.8 Å². The molecule has 3 aromatic rings. The number of amides is 2. The van der Waals surface area contributed by atoms with Gasteiger partial charge in [-0.2, -0.15) is 23.4 Å². The number of ketones is 1. The van der Waals surface area contributed by atoms with Crippen molar-refractivity contribution in [2.75, 3.05) is 29.6 Å². The molecule has 0 radical (unpaired) electrons. The van der Waals surface area contributed by atoms with Gasteiger partial charge in [-0.15, -0.1) is 0 Å². The standard InChI is InChI=1S/C24H22F3N5O4/c1-13-7-8-17(31-30-13)14-5-4-6-15(9-14)21(33)12-22(34)28-18-10-16(24(25,26)27)20(32(2)3)11-19(18)29-23(35)36/h4-11,29H,12H2,1-3H3,(H,28,34)(H,35,36). The predicted octanol–water partition coefficient (Wildman–Crippen LogP) is 4.84. The summed E-state index contributed by atoms with van der Waals surface area (Å²) < 4.78 is 40.8. The zero-order chi connectivity index (χ0) is 26.6. The normalized spacial score (nSPS) is 11.1. The Balaban J connectivity index is 1.86. The molecule has 0 bridgehead atoms. The molecule has 0 unspecified atom stereocenters. The number of hydrogen-bond acceptors (Lipinski definition) is 6. The first-order valence-electron chi connectivity index (χ1n) is 10.5. The summed E-state index contributed by atoms with van der Waals surface area (Å²) in [5.41, 5.74) is -0.0924. The molecular formula is C24H22F3N5O4. The molecule has 1 heterocycles. The Morgan fingerprint density at radius 1 is 0.972 bits per heavy atom. The first kappa shape index (κ1) is 26.1. The number of Topliss-reactive ketones (excluding diaryl/α,β-unsaturated/α-hetero) is 1. The number of nitrogens with one attached hydrogen (secondary N) is 2. The van der Waals surface area contributed by atoms with Gasteiger partial charge >= 0.3 is 12.3 Å². The van der Waals surface area contributed by atoms with Crippen LogP contribution in [0, 0.1) is 6.92 Å². The Labute approximate surface area is 204 Å². The Morgan fingerprint density at radius 3 is 2.25 bits per heavy atom. The summed E-state index contributed by atoms with van der Waals surface area (Å²) in [6.45, 7) is 1.78. The summed E-state index contributed by atoms with van der Waals surface area (Å²) in [6, 6.07) is 11.4. The molecule has 0 spiro atoms. The quantitative estimate of drug-likeness (QED) is 0.313. The van der Waals surface area contributed by atoms with E-state index in [2.05, 4.69) is 15.5 Å². The number of carboxylic acid groups (broad SMARTS) is 1. The number of hydrogen-bond donors (Lipinski definition) is 3. The van der Waals surface area contributed by atoms with Crippen LogP contribution in [-0.2, 0) is 11.0 Å². The smallest absolute Gasteiger partial charge is 0.418 e. The second-order valence-corrected chi connectivity index (χ2v) is 8.03. The van der Waals surface area contributed by atoms with Crippen LogP contribution >= 0.6 is 0 Å². The summed E-state index contributed by atoms with van der Waals surface area (Å²) in [6.07, 6.45) is -7.01. The highest BCUT2D eigenvalue weighted by molar-refractivity contribution is 6.12. The summed E-state index contributed by atoms with van der Waals surface area (Å²) in [4.78, 5) is 37.6. The molecule has 0 saturated carbocycles. The zero-order valence-electron chi connectivity index (χ0n) is 19.5. The van der Waals surface area contributed by atoms with E-state index in [1.807, 2.05) is 5.32 Å². The molecule has 0 aliphatic heterocycles. The SMILES string of the molecule is Cc1ccc(-c2cccc(C(=O)CC(=O)Nc3cc(C(F)(F)F)c(N(C)C)cc3NC(=O)O)c2)nn1. The highest BCUT2D eigenvalue weighted by Gasteiger charge is 2.35. The lowest BCUT2D eigenvalue weighted by Crippen LogP contribution is -2.21. The minimum atomic E-state index is -4.78. The van der Waals surface area contributed by atoms with Gasteiger partial charge in [0.25, 0.3) is 0 Å². The van der Waals surface area contributed by atoms with E-state index >= 15 is 0 Å². The minimum Gasteiger partial charge on any atom is -0.465 e. The first-order valence-corrected chi connectivity index (χ1v) is 10.5. The zero-order valence-corrected chi connectivity index (χ0v) is 19.5. The maximum atomic E-state index is 13.6. The summed E-state index contributed by atoms with van der Waals surface area (Å²) in [5, 5.41) is 21.3. The van der Waals surface area contributed by atoms with Crippen molar-refractivity contribution in [3.8, 4) is 11.3 Å². The van der Waals surface area contributed by atoms with Gasteiger partial charge in [-0.05, 0) is 37.3 Å². The van der Waals surface area contributed by atoms with E-state index < -0.39 is 41.6 Å². The molecule has 0 aliphatic rings. The number of aryl methyl sites for hydroxylation is 1. The average Bonchev–Trinajstić information content (AvgIpc) is 2.79. The second-order valence-electron chi connectivity index (χ2n) is 8.03. The lowest BCUT2D eigenvalue weighted by Gasteiger charge is -2.22. The maximum Gasteiger partial charge on any atom is 0.418 e. The van der Waals surface area contributed by atoms with Crippen molar-refractivity contribution in [2.45, 2.75) is 19.5 Å². The Bertz CT molecular complexity index is 1310. The highest BCUT2D eigenvalue weighted by atomic mass is 19.4. The summed E-state index contributed by atoms with van der Waals surface area (Å²) in [7, 11) is 2.73. The van der Waals surface area contributed by atoms with Gasteiger partial charge in [-0.1, -0.05) is 18.2 Å². The van der Waals surface area contributed by atoms with Gasteiger partial charge in [-0.25, -0.2) is 4.79 Å². The van der Waals surface area contributed by atoms with Crippen LogP contribution in [0.1, 0.15) is 28.0 Å². The average molecular weight is 501 g/mol. The first-order chi connectivity index (χ1) is 16.8. The molecule has 188 valence electrons. The summed E-state index contributed by atoms with van der Waals surface area (Å²) in [5.74, 6) is -1.51. The maximum absolute atomic E-state index is 13.6. The van der Waals surface area contributed by atoms with Crippen molar-refractivity contribution in [1.82, 2.24) is 10.2 Å². The van der Waals surface area contributed by atoms with Gasteiger partial charge < -0.3 is 15.3 Å². The molecule has 36 heavy (non-hydrogen) atoms. The van der Waals surface area contributed by atoms with Gasteiger partial charge in [-0.3, -0.25) is 14.9 Å². The number of carbonyl (C=O) groups is 3. The third-order valence-electron chi connectivity index (χ3n) is 5.04. The monoisotopic (exact) mass is 501 g/mol. The van der Waals surface area contributed by atoms with Crippen LogP contribution in [0.3, 0.4) is 0 Å². The topological polar surface area (TPSA) is 125 Å². The van der Waals surface area contributed by atoms with E-state index in [0.717, 1.165) is 11.0 Å². The molecule has 0 atom stereocenters. The van der Waals surface area contributed by atoms with E-state index in [-0.39, 0.29) is 16.9 Å². The van der Waals surface area contributed by atoms with Crippen LogP contribution in [-0.4, -0.2) is 47.2 Å². The molecule has 3 rings (SSSR count). The van der Waals surface area contributed by atoms with Crippen molar-refractivity contribution in [2.24, 2.45) is 0 Å². The Morgan fingerprint density at radius 2 is 1.67 bits per heavy atom. The number of rotatable bonds is 7. The van der Waals surface area contributed by atoms with Crippen molar-refractivity contribution in [3.05, 3.63) is 65.4 Å². The van der Waals surface area contributed by atoms with Gasteiger partial charge in [0.1, 0.15) is 0 Å². The van der Waals surface area contributed by atoms with Crippen LogP contribution < -0.4 is 15.5 Å². The molecule has 12 heteroatoms. The fourth-order valence-electron chi connectivity index (χ4n) is 3.35. The summed E-state index contributed by atoms with van der Waals surface area (Å²) >= 11 is 0. The number of aromatic nitrogens is 2. The fourth-order valence-corrected chi connectivity index (χ4v) is 3.35. The van der Waals surface area contributed by atoms with E-state index in [0.29, 0.717) is 23.0 Å². The number of nitrogens with zero attached hydrogens (tertiary/aromatic N) is 3. The molecule has 0 fully saturated rings. The van der Waals surface area contributed by atoms with Crippen molar-refractivity contribution in [3.63, 3.8) is 0 Å². The number of carbonyl (C=O) groups excluding carboxylic acids is 2. The molecule has 2 aromatic carbocycles. The van der Waals surface area contributed by atoms with Crippen LogP contribution in [0.25, 0.3) is 11.3 Å². The van der Waals surface area contributed by atoms with E-state index in [1.165, 1.54) is 26.2 Å². The van der Waals surface area contributed by atoms with Crippen LogP contribution in [0.15, 0.2) is 48.5 Å². The van der Waals surface area contributed by atoms with E-state index in [4.69, 9.17) is 5.11 Å². The van der Waals surface area contributed by atoms with E-state index in [1.54, 1.807) is 31.2 Å². The van der Waals surface area contributed by atoms with Crippen LogP contribution in [0.4, 0.5) is 35.0 Å². The molecule has 2 amide bonds. The molecule has 3 N–H and O–H groups in total. The third-order valence-corrected chi connectivity index (χ3v) is 5.04. The van der Waals surface area contributed by atoms with Crippen molar-refractivity contribution < 1.29 is 32.7 Å². The molecule has 0 aliphatic carbocycles. The molecule has 9 nitrogen and oxygen atoms in total. The van der Waals surface area contributed by atoms with Gasteiger partial charge in [0.2, 0.25) is 5.91 Å². The number of anilines is 3. The van der Waals surface area contributed by atoms with Gasteiger partial charge in [0, 0.05) is 25.2 Å². The molecule has 1 aromatic heterocycles. The van der Waals surface area contributed by atoms with E-state index in [9.17, 15) is 27.6 Å². The number of halogens is 3. The van der Waals surface area contributed by atoms with Crippen molar-refractivity contribution in [1.29, 1.82) is 0 Å². The van der Waals surface area contributed by atoms with Gasteiger partial charge in [0.05, 0.1) is 40.4 Å². The van der Waals surface area contributed by atoms with Gasteiger partial charge in [0.15, 0.2) is 5.78 Å². The predicted molar refractivity (Wildman–Crippen MR) is 127 cm³/mol. The Kier molecular flexibility index (Phi) is 7.56. The van der Waals surface area contributed by atoms with Crippen LogP contribution in [0.2, 0.25) is 0 Å². The lowest BCUT2D eigenvalue weighted by molar-refractivity contribution is -0.137. The fraction of sp³-hybridized carbons (Fsp3) is 0.208. The largest absolute Gasteiger partial charge is 0.465 e. The molecular weight excluding hydrogens is 479 g/mol. The highest BCUT2D eigenvalue weighted by Crippen LogP contribution is 2.41. The number of benzene rings is 2. The van der Waals surface area contributed by atoms with Crippen LogP contribution in [0.5, 0.6) is 0 Å². The minimum absolute atomic E-state index is 0.188. The third kappa shape index (κ3) is 6.34. The molecule has 0 saturated heterocycles. The lowest BCUT2D eigenvalue weighted by atomic mass is 10.0. The number of alkyl halides is 3. The Hall–Kier alpha value is -4.48.